The number of hydrogen-bond donors (Lipinski definition) is 1. The lowest BCUT2D eigenvalue weighted by atomic mass is 10.2. The number of nitrogens with one attached hydrogen (secondary N) is 1. The van der Waals surface area contributed by atoms with Crippen molar-refractivity contribution in [1.29, 1.82) is 0 Å². The van der Waals surface area contributed by atoms with Gasteiger partial charge in [0.15, 0.2) is 6.61 Å². The maximum atomic E-state index is 11.7. The van der Waals surface area contributed by atoms with Crippen molar-refractivity contribution < 1.29 is 9.53 Å². The third-order valence-corrected chi connectivity index (χ3v) is 3.29. The molecule has 2 rings (SSSR count). The van der Waals surface area contributed by atoms with Gasteiger partial charge in [-0.05, 0) is 36.8 Å². The lowest BCUT2D eigenvalue weighted by Crippen LogP contribution is -2.25. The molecule has 1 amide bonds. The van der Waals surface area contributed by atoms with Crippen molar-refractivity contribution in [2.24, 2.45) is 5.10 Å². The van der Waals surface area contributed by atoms with E-state index in [4.69, 9.17) is 16.3 Å². The molecule has 0 aliphatic carbocycles. The molecule has 0 saturated heterocycles. The zero-order chi connectivity index (χ0) is 17.9. The van der Waals surface area contributed by atoms with Crippen LogP contribution in [0.15, 0.2) is 77.9 Å². The fourth-order valence-electron chi connectivity index (χ4n) is 1.85. The molecule has 0 bridgehead atoms. The number of amides is 1. The Hall–Kier alpha value is -2.85. The van der Waals surface area contributed by atoms with Gasteiger partial charge in [0.1, 0.15) is 5.75 Å². The second-order valence-electron chi connectivity index (χ2n) is 5.16. The standard InChI is InChI=1S/C20H19ClN2O2/c1-16(8-5-6-11-17-9-3-2-4-10-17)22-23-20(24)15-25-19-13-7-12-18(21)14-19/h2-14H,15H2,1H3,(H,23,24). The normalized spacial score (nSPS) is 11.8. The zero-order valence-electron chi connectivity index (χ0n) is 13.9. The van der Waals surface area contributed by atoms with Crippen molar-refractivity contribution in [2.75, 3.05) is 6.61 Å². The van der Waals surface area contributed by atoms with Crippen molar-refractivity contribution in [2.45, 2.75) is 6.92 Å². The summed E-state index contributed by atoms with van der Waals surface area (Å²) in [6.45, 7) is 1.67. The molecule has 2 aromatic carbocycles. The molecular weight excluding hydrogens is 336 g/mol. The average molecular weight is 355 g/mol. The number of benzene rings is 2. The maximum absolute atomic E-state index is 11.7. The molecule has 0 aromatic heterocycles. The summed E-state index contributed by atoms with van der Waals surface area (Å²) in [6, 6.07) is 16.8. The Morgan fingerprint density at radius 3 is 2.72 bits per heavy atom. The van der Waals surface area contributed by atoms with Gasteiger partial charge in [-0.25, -0.2) is 5.43 Å². The lowest BCUT2D eigenvalue weighted by molar-refractivity contribution is -0.123. The maximum Gasteiger partial charge on any atom is 0.277 e. The Labute approximate surface area is 152 Å². The highest BCUT2D eigenvalue weighted by Gasteiger charge is 2.01. The van der Waals surface area contributed by atoms with E-state index in [1.54, 1.807) is 37.3 Å². The Morgan fingerprint density at radius 2 is 1.96 bits per heavy atom. The molecule has 128 valence electrons. The lowest BCUT2D eigenvalue weighted by Gasteiger charge is -2.05. The van der Waals surface area contributed by atoms with Crippen LogP contribution >= 0.6 is 11.6 Å². The molecule has 2 aromatic rings. The van der Waals surface area contributed by atoms with Gasteiger partial charge in [0.05, 0.1) is 5.71 Å². The molecule has 0 atom stereocenters. The third kappa shape index (κ3) is 7.50. The highest BCUT2D eigenvalue weighted by Crippen LogP contribution is 2.16. The van der Waals surface area contributed by atoms with Gasteiger partial charge in [-0.15, -0.1) is 0 Å². The number of nitrogens with zero attached hydrogens (tertiary/aromatic N) is 1. The predicted octanol–water partition coefficient (Wildman–Crippen LogP) is 4.48. The van der Waals surface area contributed by atoms with Crippen LogP contribution in [0.4, 0.5) is 0 Å². The van der Waals surface area contributed by atoms with Gasteiger partial charge in [0.25, 0.3) is 5.91 Å². The van der Waals surface area contributed by atoms with Crippen LogP contribution in [0.1, 0.15) is 12.5 Å². The van der Waals surface area contributed by atoms with E-state index in [0.717, 1.165) is 5.56 Å². The number of allylic oxidation sites excluding steroid dienone is 3. The van der Waals surface area contributed by atoms with E-state index in [-0.39, 0.29) is 12.5 Å². The largest absolute Gasteiger partial charge is 0.484 e. The molecule has 0 unspecified atom stereocenters. The number of carbonyl (C=O) groups excluding carboxylic acids is 1. The van der Waals surface area contributed by atoms with Crippen LogP contribution in [-0.2, 0) is 4.79 Å². The minimum absolute atomic E-state index is 0.130. The van der Waals surface area contributed by atoms with Crippen molar-refractivity contribution in [3.8, 4) is 5.75 Å². The van der Waals surface area contributed by atoms with Crippen molar-refractivity contribution >= 4 is 29.3 Å². The molecule has 0 heterocycles. The van der Waals surface area contributed by atoms with Crippen molar-refractivity contribution in [3.05, 3.63) is 83.4 Å². The number of carbonyl (C=O) groups is 1. The van der Waals surface area contributed by atoms with E-state index in [0.29, 0.717) is 16.5 Å². The summed E-state index contributed by atoms with van der Waals surface area (Å²) in [7, 11) is 0. The van der Waals surface area contributed by atoms with Gasteiger partial charge >= 0.3 is 0 Å². The molecule has 0 aliphatic rings. The Morgan fingerprint density at radius 1 is 1.16 bits per heavy atom. The predicted molar refractivity (Wildman–Crippen MR) is 103 cm³/mol. The van der Waals surface area contributed by atoms with Crippen molar-refractivity contribution in [3.63, 3.8) is 0 Å². The molecule has 0 aliphatic heterocycles. The summed E-state index contributed by atoms with van der Waals surface area (Å²) in [5.41, 5.74) is 4.24. The number of hydrazone groups is 1. The highest BCUT2D eigenvalue weighted by molar-refractivity contribution is 6.30. The van der Waals surface area contributed by atoms with Crippen LogP contribution in [-0.4, -0.2) is 18.2 Å². The summed E-state index contributed by atoms with van der Waals surface area (Å²) in [5, 5.41) is 4.54. The molecule has 1 N–H and O–H groups in total. The Bertz CT molecular complexity index is 783. The molecule has 0 fully saturated rings. The van der Waals surface area contributed by atoms with Gasteiger partial charge in [-0.1, -0.05) is 66.2 Å². The van der Waals surface area contributed by atoms with E-state index < -0.39 is 0 Å². The number of ether oxygens (including phenoxy) is 1. The summed E-state index contributed by atoms with van der Waals surface area (Å²) in [4.78, 5) is 11.7. The smallest absolute Gasteiger partial charge is 0.277 e. The first kappa shape index (κ1) is 18.5. The van der Waals surface area contributed by atoms with Crippen LogP contribution in [0.3, 0.4) is 0 Å². The molecule has 4 nitrogen and oxygen atoms in total. The van der Waals surface area contributed by atoms with Crippen LogP contribution < -0.4 is 10.2 Å². The summed E-state index contributed by atoms with van der Waals surface area (Å²) in [6.07, 6.45) is 7.57. The van der Waals surface area contributed by atoms with Crippen LogP contribution in [0, 0.1) is 0 Å². The first-order valence-electron chi connectivity index (χ1n) is 7.75. The summed E-state index contributed by atoms with van der Waals surface area (Å²) >= 11 is 5.85. The second-order valence-corrected chi connectivity index (χ2v) is 5.60. The molecule has 0 saturated carbocycles. The van der Waals surface area contributed by atoms with Gasteiger partial charge in [0.2, 0.25) is 0 Å². The van der Waals surface area contributed by atoms with E-state index in [1.165, 1.54) is 0 Å². The highest BCUT2D eigenvalue weighted by atomic mass is 35.5. The quantitative estimate of drug-likeness (QED) is 0.452. The van der Waals surface area contributed by atoms with Crippen LogP contribution in [0.2, 0.25) is 5.02 Å². The molecule has 5 heteroatoms. The van der Waals surface area contributed by atoms with Gasteiger partial charge in [0, 0.05) is 5.02 Å². The fraction of sp³-hybridized carbons (Fsp3) is 0.100. The second kappa shape index (κ2) is 10.1. The summed E-state index contributed by atoms with van der Waals surface area (Å²) < 4.78 is 5.33. The van der Waals surface area contributed by atoms with Crippen LogP contribution in [0.25, 0.3) is 6.08 Å². The molecule has 25 heavy (non-hydrogen) atoms. The minimum atomic E-state index is -0.340. The molecule has 0 radical (unpaired) electrons. The fourth-order valence-corrected chi connectivity index (χ4v) is 2.03. The third-order valence-electron chi connectivity index (χ3n) is 3.06. The number of rotatable bonds is 7. The Balaban J connectivity index is 1.75. The SMILES string of the molecule is CC(C=CC=Cc1ccccc1)=NNC(=O)COc1cccc(Cl)c1. The van der Waals surface area contributed by atoms with E-state index in [9.17, 15) is 4.79 Å². The van der Waals surface area contributed by atoms with E-state index >= 15 is 0 Å². The first-order chi connectivity index (χ1) is 12.1. The first-order valence-corrected chi connectivity index (χ1v) is 8.12. The zero-order valence-corrected chi connectivity index (χ0v) is 14.6. The topological polar surface area (TPSA) is 50.7 Å². The summed E-state index contributed by atoms with van der Waals surface area (Å²) in [5.74, 6) is 0.196. The number of hydrogen-bond acceptors (Lipinski definition) is 3. The Kier molecular flexibility index (Phi) is 7.47. The van der Waals surface area contributed by atoms with Gasteiger partial charge in [-0.2, -0.15) is 5.10 Å². The van der Waals surface area contributed by atoms with E-state index in [2.05, 4.69) is 10.5 Å². The number of halogens is 1. The minimum Gasteiger partial charge on any atom is -0.484 e. The molecular formula is C20H19ClN2O2. The van der Waals surface area contributed by atoms with Gasteiger partial charge < -0.3 is 4.74 Å². The van der Waals surface area contributed by atoms with Crippen molar-refractivity contribution in [1.82, 2.24) is 5.43 Å². The monoisotopic (exact) mass is 354 g/mol. The van der Waals surface area contributed by atoms with E-state index in [1.807, 2.05) is 48.6 Å². The van der Waals surface area contributed by atoms with Gasteiger partial charge in [-0.3, -0.25) is 4.79 Å². The van der Waals surface area contributed by atoms with Crippen LogP contribution in [0.5, 0.6) is 5.75 Å². The molecule has 0 spiro atoms. The average Bonchev–Trinajstić information content (AvgIpc) is 2.63.